The van der Waals surface area contributed by atoms with Crippen LogP contribution in [0.5, 0.6) is 0 Å². The third kappa shape index (κ3) is 4.39. The summed E-state index contributed by atoms with van der Waals surface area (Å²) in [6.45, 7) is 0. The highest BCUT2D eigenvalue weighted by molar-refractivity contribution is 7.98. The zero-order valence-corrected chi connectivity index (χ0v) is 11.7. The molecular formula is C11H14Cl2N2OS. The summed E-state index contributed by atoms with van der Waals surface area (Å²) in [5, 5.41) is 3.46. The summed E-state index contributed by atoms with van der Waals surface area (Å²) in [6.07, 6.45) is 2.59. The Bertz CT molecular complexity index is 381. The maximum atomic E-state index is 11.8. The summed E-state index contributed by atoms with van der Waals surface area (Å²) in [5.74, 6) is 0.569. The molecule has 0 spiro atoms. The van der Waals surface area contributed by atoms with E-state index in [4.69, 9.17) is 28.9 Å². The zero-order valence-electron chi connectivity index (χ0n) is 9.37. The molecule has 0 aliphatic rings. The number of nitrogens with one attached hydrogen (secondary N) is 1. The van der Waals surface area contributed by atoms with E-state index < -0.39 is 6.04 Å². The van der Waals surface area contributed by atoms with Gasteiger partial charge < -0.3 is 11.1 Å². The van der Waals surface area contributed by atoms with Crippen molar-refractivity contribution in [1.82, 2.24) is 0 Å². The normalized spacial score (nSPS) is 12.2. The molecule has 0 aliphatic heterocycles. The zero-order chi connectivity index (χ0) is 12.8. The molecular weight excluding hydrogens is 279 g/mol. The van der Waals surface area contributed by atoms with Gasteiger partial charge in [-0.2, -0.15) is 11.8 Å². The highest BCUT2D eigenvalue weighted by Gasteiger charge is 2.15. The minimum Gasteiger partial charge on any atom is -0.322 e. The van der Waals surface area contributed by atoms with E-state index in [-0.39, 0.29) is 5.91 Å². The number of para-hydroxylation sites is 1. The molecule has 1 aromatic rings. The molecule has 1 atom stereocenters. The molecule has 0 saturated heterocycles. The third-order valence-corrected chi connectivity index (χ3v) is 3.45. The van der Waals surface area contributed by atoms with Crippen LogP contribution in [0.15, 0.2) is 18.2 Å². The van der Waals surface area contributed by atoms with Crippen LogP contribution in [0.4, 0.5) is 5.69 Å². The molecule has 3 nitrogen and oxygen atoms in total. The van der Waals surface area contributed by atoms with E-state index >= 15 is 0 Å². The predicted octanol–water partition coefficient (Wildman–Crippen LogP) is 3.01. The third-order valence-electron chi connectivity index (χ3n) is 2.18. The van der Waals surface area contributed by atoms with Crippen LogP contribution in [-0.4, -0.2) is 24.0 Å². The van der Waals surface area contributed by atoms with Crippen molar-refractivity contribution in [3.63, 3.8) is 0 Å². The number of nitrogens with two attached hydrogens (primary N) is 1. The Morgan fingerprint density at radius 1 is 1.47 bits per heavy atom. The number of hydrogen-bond donors (Lipinski definition) is 2. The molecule has 0 bridgehead atoms. The molecule has 0 unspecified atom stereocenters. The van der Waals surface area contributed by atoms with Crippen molar-refractivity contribution in [2.75, 3.05) is 17.3 Å². The molecule has 94 valence electrons. The van der Waals surface area contributed by atoms with E-state index in [0.29, 0.717) is 22.2 Å². The number of anilines is 1. The second-order valence-electron chi connectivity index (χ2n) is 3.47. The first-order chi connectivity index (χ1) is 8.06. The number of carbonyl (C=O) groups is 1. The molecule has 0 fully saturated rings. The van der Waals surface area contributed by atoms with Gasteiger partial charge in [0.2, 0.25) is 5.91 Å². The second-order valence-corrected chi connectivity index (χ2v) is 5.27. The van der Waals surface area contributed by atoms with Gasteiger partial charge in [0, 0.05) is 0 Å². The van der Waals surface area contributed by atoms with Gasteiger partial charge in [-0.05, 0) is 30.6 Å². The van der Waals surface area contributed by atoms with Crippen LogP contribution in [0.25, 0.3) is 0 Å². The topological polar surface area (TPSA) is 55.1 Å². The molecule has 0 radical (unpaired) electrons. The Morgan fingerprint density at radius 2 is 2.06 bits per heavy atom. The van der Waals surface area contributed by atoms with Crippen LogP contribution < -0.4 is 11.1 Å². The van der Waals surface area contributed by atoms with Crippen molar-refractivity contribution in [3.05, 3.63) is 28.2 Å². The van der Waals surface area contributed by atoms with E-state index in [2.05, 4.69) is 5.32 Å². The number of halogens is 2. The maximum Gasteiger partial charge on any atom is 0.241 e. The van der Waals surface area contributed by atoms with Gasteiger partial charge in [0.05, 0.1) is 21.8 Å². The molecule has 0 aromatic heterocycles. The van der Waals surface area contributed by atoms with Crippen molar-refractivity contribution < 1.29 is 4.79 Å². The summed E-state index contributed by atoms with van der Waals surface area (Å²) in [5.41, 5.74) is 6.16. The highest BCUT2D eigenvalue weighted by atomic mass is 35.5. The molecule has 6 heteroatoms. The largest absolute Gasteiger partial charge is 0.322 e. The first kappa shape index (κ1) is 14.6. The fourth-order valence-corrected chi connectivity index (χ4v) is 2.19. The summed E-state index contributed by atoms with van der Waals surface area (Å²) in [4.78, 5) is 11.8. The number of rotatable bonds is 5. The van der Waals surface area contributed by atoms with Crippen molar-refractivity contribution in [3.8, 4) is 0 Å². The van der Waals surface area contributed by atoms with Crippen LogP contribution in [0.3, 0.4) is 0 Å². The van der Waals surface area contributed by atoms with E-state index in [1.165, 1.54) is 0 Å². The van der Waals surface area contributed by atoms with Gasteiger partial charge in [-0.1, -0.05) is 29.3 Å². The van der Waals surface area contributed by atoms with Gasteiger partial charge in [-0.3, -0.25) is 4.79 Å². The highest BCUT2D eigenvalue weighted by Crippen LogP contribution is 2.29. The molecule has 0 saturated carbocycles. The lowest BCUT2D eigenvalue weighted by atomic mass is 10.2. The van der Waals surface area contributed by atoms with Gasteiger partial charge in [0.15, 0.2) is 0 Å². The number of thioether (sulfide) groups is 1. The van der Waals surface area contributed by atoms with E-state index in [9.17, 15) is 4.79 Å². The Labute approximate surface area is 115 Å². The fraction of sp³-hybridized carbons (Fsp3) is 0.364. The maximum absolute atomic E-state index is 11.8. The molecule has 1 aromatic carbocycles. The first-order valence-electron chi connectivity index (χ1n) is 5.05. The quantitative estimate of drug-likeness (QED) is 0.877. The van der Waals surface area contributed by atoms with E-state index in [1.54, 1.807) is 30.0 Å². The average Bonchev–Trinajstić information content (AvgIpc) is 2.30. The van der Waals surface area contributed by atoms with Crippen LogP contribution in [0, 0.1) is 0 Å². The summed E-state index contributed by atoms with van der Waals surface area (Å²) >= 11 is 13.5. The first-order valence-corrected chi connectivity index (χ1v) is 7.20. The molecule has 0 heterocycles. The number of benzene rings is 1. The van der Waals surface area contributed by atoms with Gasteiger partial charge in [-0.15, -0.1) is 0 Å². The number of hydrogen-bond acceptors (Lipinski definition) is 3. The Balaban J connectivity index is 2.68. The van der Waals surface area contributed by atoms with Crippen molar-refractivity contribution >= 4 is 46.6 Å². The predicted molar refractivity (Wildman–Crippen MR) is 76.1 cm³/mol. The monoisotopic (exact) mass is 292 g/mol. The Kier molecular flexibility index (Phi) is 6.12. The van der Waals surface area contributed by atoms with Crippen LogP contribution in [0.1, 0.15) is 6.42 Å². The lowest BCUT2D eigenvalue weighted by molar-refractivity contribution is -0.117. The van der Waals surface area contributed by atoms with E-state index in [1.807, 2.05) is 6.26 Å². The molecule has 0 aliphatic carbocycles. The Morgan fingerprint density at radius 3 is 2.59 bits per heavy atom. The van der Waals surface area contributed by atoms with Crippen LogP contribution >= 0.6 is 35.0 Å². The minimum atomic E-state index is -0.546. The lowest BCUT2D eigenvalue weighted by Crippen LogP contribution is -2.36. The second kappa shape index (κ2) is 7.11. The lowest BCUT2D eigenvalue weighted by Gasteiger charge is -2.13. The van der Waals surface area contributed by atoms with Gasteiger partial charge in [0.1, 0.15) is 0 Å². The van der Waals surface area contributed by atoms with Crippen molar-refractivity contribution in [2.24, 2.45) is 5.73 Å². The van der Waals surface area contributed by atoms with Gasteiger partial charge >= 0.3 is 0 Å². The molecule has 1 rings (SSSR count). The molecule has 3 N–H and O–H groups in total. The van der Waals surface area contributed by atoms with Crippen molar-refractivity contribution in [2.45, 2.75) is 12.5 Å². The fourth-order valence-electron chi connectivity index (χ4n) is 1.21. The van der Waals surface area contributed by atoms with E-state index in [0.717, 1.165) is 5.75 Å². The summed E-state index contributed by atoms with van der Waals surface area (Å²) < 4.78 is 0. The van der Waals surface area contributed by atoms with Crippen molar-refractivity contribution in [1.29, 1.82) is 0 Å². The Hall–Kier alpha value is -0.420. The number of carbonyl (C=O) groups excluding carboxylic acids is 1. The summed E-state index contributed by atoms with van der Waals surface area (Å²) in [6, 6.07) is 4.50. The summed E-state index contributed by atoms with van der Waals surface area (Å²) in [7, 11) is 0. The molecule has 1 amide bonds. The standard InChI is InChI=1S/C11H14Cl2N2OS/c1-17-6-5-9(14)11(16)15-10-7(12)3-2-4-8(10)13/h2-4,9H,5-6,14H2,1H3,(H,15,16)/t9-/m0/s1. The SMILES string of the molecule is CSCC[C@H](N)C(=O)Nc1c(Cl)cccc1Cl. The average molecular weight is 293 g/mol. The minimum absolute atomic E-state index is 0.269. The molecule has 17 heavy (non-hydrogen) atoms. The van der Waals surface area contributed by atoms with Crippen LogP contribution in [-0.2, 0) is 4.79 Å². The van der Waals surface area contributed by atoms with Crippen LogP contribution in [0.2, 0.25) is 10.0 Å². The smallest absolute Gasteiger partial charge is 0.241 e. The van der Waals surface area contributed by atoms with Gasteiger partial charge in [0.25, 0.3) is 0 Å². The number of amides is 1. The van der Waals surface area contributed by atoms with Gasteiger partial charge in [-0.25, -0.2) is 0 Å².